The highest BCUT2D eigenvalue weighted by atomic mass is 35.5. The molecule has 23 heavy (non-hydrogen) atoms. The lowest BCUT2D eigenvalue weighted by Gasteiger charge is -2.16. The number of aromatic nitrogens is 2. The van der Waals surface area contributed by atoms with Gasteiger partial charge in [0.25, 0.3) is 0 Å². The Morgan fingerprint density at radius 2 is 1.91 bits per heavy atom. The molecule has 3 nitrogen and oxygen atoms in total. The fourth-order valence-electron chi connectivity index (χ4n) is 3.03. The summed E-state index contributed by atoms with van der Waals surface area (Å²) in [6.45, 7) is 1.91. The zero-order valence-corrected chi connectivity index (χ0v) is 13.8. The van der Waals surface area contributed by atoms with E-state index in [1.54, 1.807) is 11.7 Å². The predicted octanol–water partition coefficient (Wildman–Crippen LogP) is 5.36. The summed E-state index contributed by atoms with van der Waals surface area (Å²) in [5.41, 5.74) is 2.74. The Morgan fingerprint density at radius 3 is 2.52 bits per heavy atom. The van der Waals surface area contributed by atoms with Gasteiger partial charge < -0.3 is 5.32 Å². The lowest BCUT2D eigenvalue weighted by molar-refractivity contribution is 0.590. The summed E-state index contributed by atoms with van der Waals surface area (Å²) < 4.78 is 29.8. The molecule has 1 aliphatic carbocycles. The number of rotatable bonds is 3. The van der Waals surface area contributed by atoms with Crippen molar-refractivity contribution in [1.29, 1.82) is 0 Å². The second kappa shape index (κ2) is 6.32. The molecule has 0 radical (unpaired) electrons. The molecule has 0 amide bonds. The van der Waals surface area contributed by atoms with Gasteiger partial charge in [-0.25, -0.2) is 8.78 Å². The Kier molecular flexibility index (Phi) is 4.39. The van der Waals surface area contributed by atoms with Crippen LogP contribution in [0.3, 0.4) is 0 Å². The third-order valence-corrected chi connectivity index (χ3v) is 4.30. The third-order valence-electron chi connectivity index (χ3n) is 4.08. The van der Waals surface area contributed by atoms with E-state index in [1.807, 2.05) is 6.92 Å². The van der Waals surface area contributed by atoms with Crippen LogP contribution in [-0.2, 0) is 7.05 Å². The van der Waals surface area contributed by atoms with Crippen molar-refractivity contribution in [2.75, 3.05) is 5.32 Å². The summed E-state index contributed by atoms with van der Waals surface area (Å²) in [4.78, 5) is 0. The maximum absolute atomic E-state index is 14.1. The SMILES string of the molecule is Cc1nn(C)c(Nc2c(F)cc(Cl)cc2F)c1C1=CCCCC1. The maximum Gasteiger partial charge on any atom is 0.151 e. The molecule has 1 aromatic carbocycles. The largest absolute Gasteiger partial charge is 0.335 e. The van der Waals surface area contributed by atoms with Crippen molar-refractivity contribution < 1.29 is 8.78 Å². The summed E-state index contributed by atoms with van der Waals surface area (Å²) in [5, 5.41) is 7.30. The highest BCUT2D eigenvalue weighted by molar-refractivity contribution is 6.30. The molecule has 6 heteroatoms. The van der Waals surface area contributed by atoms with Crippen LogP contribution < -0.4 is 5.32 Å². The molecule has 0 saturated heterocycles. The van der Waals surface area contributed by atoms with Gasteiger partial charge in [0.2, 0.25) is 0 Å². The maximum atomic E-state index is 14.1. The van der Waals surface area contributed by atoms with Crippen LogP contribution in [0.2, 0.25) is 5.02 Å². The van der Waals surface area contributed by atoms with Crippen LogP contribution in [0, 0.1) is 18.6 Å². The van der Waals surface area contributed by atoms with Crippen LogP contribution in [0.4, 0.5) is 20.3 Å². The number of anilines is 2. The fourth-order valence-corrected chi connectivity index (χ4v) is 3.22. The van der Waals surface area contributed by atoms with E-state index in [4.69, 9.17) is 11.6 Å². The van der Waals surface area contributed by atoms with Crippen molar-refractivity contribution in [3.05, 3.63) is 46.1 Å². The Morgan fingerprint density at radius 1 is 1.22 bits per heavy atom. The molecular formula is C17H18ClF2N3. The number of nitrogens with zero attached hydrogens (tertiary/aromatic N) is 2. The molecule has 3 rings (SSSR count). The Balaban J connectivity index is 2.06. The number of aryl methyl sites for hydroxylation is 2. The van der Waals surface area contributed by atoms with E-state index in [2.05, 4.69) is 16.5 Å². The van der Waals surface area contributed by atoms with Crippen molar-refractivity contribution in [3.8, 4) is 0 Å². The number of allylic oxidation sites excluding steroid dienone is 2. The normalized spacial score (nSPS) is 14.7. The lowest BCUT2D eigenvalue weighted by Crippen LogP contribution is -2.05. The predicted molar refractivity (Wildman–Crippen MR) is 89.0 cm³/mol. The van der Waals surface area contributed by atoms with Gasteiger partial charge in [0.05, 0.1) is 5.69 Å². The van der Waals surface area contributed by atoms with Gasteiger partial charge in [-0.2, -0.15) is 5.10 Å². The average molecular weight is 338 g/mol. The first-order valence-corrected chi connectivity index (χ1v) is 7.99. The minimum absolute atomic E-state index is 0.0296. The van der Waals surface area contributed by atoms with E-state index in [-0.39, 0.29) is 10.7 Å². The molecule has 0 spiro atoms. The van der Waals surface area contributed by atoms with Gasteiger partial charge in [0, 0.05) is 17.6 Å². The third kappa shape index (κ3) is 3.11. The van der Waals surface area contributed by atoms with Gasteiger partial charge in [-0.15, -0.1) is 0 Å². The minimum Gasteiger partial charge on any atom is -0.335 e. The molecule has 0 unspecified atom stereocenters. The van der Waals surface area contributed by atoms with Gasteiger partial charge in [-0.1, -0.05) is 17.7 Å². The Labute approximate surface area is 139 Å². The monoisotopic (exact) mass is 337 g/mol. The first-order chi connectivity index (χ1) is 11.0. The number of hydrogen-bond acceptors (Lipinski definition) is 2. The first kappa shape index (κ1) is 16.0. The molecule has 1 aromatic heterocycles. The molecule has 122 valence electrons. The van der Waals surface area contributed by atoms with Crippen LogP contribution in [0.1, 0.15) is 36.9 Å². The molecule has 0 saturated carbocycles. The van der Waals surface area contributed by atoms with E-state index >= 15 is 0 Å². The van der Waals surface area contributed by atoms with Gasteiger partial charge in [-0.3, -0.25) is 4.68 Å². The van der Waals surface area contributed by atoms with Crippen LogP contribution in [0.25, 0.3) is 5.57 Å². The molecule has 1 aliphatic rings. The second-order valence-corrected chi connectivity index (χ2v) is 6.21. The van der Waals surface area contributed by atoms with Crippen molar-refractivity contribution in [2.45, 2.75) is 32.6 Å². The molecule has 0 aliphatic heterocycles. The van der Waals surface area contributed by atoms with Gasteiger partial charge in [-0.05, 0) is 50.3 Å². The number of hydrogen-bond donors (Lipinski definition) is 1. The summed E-state index contributed by atoms with van der Waals surface area (Å²) in [7, 11) is 1.76. The first-order valence-electron chi connectivity index (χ1n) is 7.62. The molecule has 1 heterocycles. The molecular weight excluding hydrogens is 320 g/mol. The van der Waals surface area contributed by atoms with Crippen LogP contribution >= 0.6 is 11.6 Å². The van der Waals surface area contributed by atoms with E-state index < -0.39 is 11.6 Å². The quantitative estimate of drug-likeness (QED) is 0.817. The molecule has 0 bridgehead atoms. The van der Waals surface area contributed by atoms with Crippen LogP contribution in [0.15, 0.2) is 18.2 Å². The van der Waals surface area contributed by atoms with Crippen LogP contribution in [0.5, 0.6) is 0 Å². The zero-order chi connectivity index (χ0) is 16.6. The number of nitrogens with one attached hydrogen (secondary N) is 1. The summed E-state index contributed by atoms with van der Waals surface area (Å²) >= 11 is 5.68. The summed E-state index contributed by atoms with van der Waals surface area (Å²) in [6, 6.07) is 2.19. The molecule has 1 N–H and O–H groups in total. The number of benzene rings is 1. The molecule has 0 atom stereocenters. The van der Waals surface area contributed by atoms with Crippen molar-refractivity contribution in [1.82, 2.24) is 9.78 Å². The second-order valence-electron chi connectivity index (χ2n) is 5.78. The summed E-state index contributed by atoms with van der Waals surface area (Å²) in [6.07, 6.45) is 6.45. The van der Waals surface area contributed by atoms with Gasteiger partial charge >= 0.3 is 0 Å². The van der Waals surface area contributed by atoms with Crippen molar-refractivity contribution in [2.24, 2.45) is 7.05 Å². The smallest absolute Gasteiger partial charge is 0.151 e. The van der Waals surface area contributed by atoms with Gasteiger partial charge in [0.1, 0.15) is 11.5 Å². The van der Waals surface area contributed by atoms with E-state index in [0.717, 1.165) is 42.7 Å². The van der Waals surface area contributed by atoms with Crippen LogP contribution in [-0.4, -0.2) is 9.78 Å². The fraction of sp³-hybridized carbons (Fsp3) is 0.353. The standard InChI is InChI=1S/C17H18ClF2N3/c1-10-15(11-6-4-3-5-7-11)17(23(2)22-10)21-16-13(19)8-12(18)9-14(16)20/h6,8-9,21H,3-5,7H2,1-2H3. The minimum atomic E-state index is -0.725. The van der Waals surface area contributed by atoms with E-state index in [1.165, 1.54) is 12.0 Å². The van der Waals surface area contributed by atoms with Gasteiger partial charge in [0.15, 0.2) is 11.6 Å². The molecule has 2 aromatic rings. The van der Waals surface area contributed by atoms with E-state index in [9.17, 15) is 8.78 Å². The van der Waals surface area contributed by atoms with Crippen molar-refractivity contribution in [3.63, 3.8) is 0 Å². The van der Waals surface area contributed by atoms with Crippen molar-refractivity contribution >= 4 is 28.7 Å². The number of halogens is 3. The Bertz CT molecular complexity index is 757. The Hall–Kier alpha value is -1.88. The highest BCUT2D eigenvalue weighted by Crippen LogP contribution is 2.36. The molecule has 0 fully saturated rings. The topological polar surface area (TPSA) is 29.9 Å². The highest BCUT2D eigenvalue weighted by Gasteiger charge is 2.21. The summed E-state index contributed by atoms with van der Waals surface area (Å²) in [5.74, 6) is -0.856. The lowest BCUT2D eigenvalue weighted by atomic mass is 9.93. The van der Waals surface area contributed by atoms with E-state index in [0.29, 0.717) is 5.82 Å². The average Bonchev–Trinajstić information content (AvgIpc) is 2.77. The zero-order valence-electron chi connectivity index (χ0n) is 13.1.